The maximum atomic E-state index is 10.4. The van der Waals surface area contributed by atoms with Crippen LogP contribution in [0.15, 0.2) is 48.5 Å². The number of carbonyl (C=O) groups is 1. The molecule has 0 atom stereocenters. The summed E-state index contributed by atoms with van der Waals surface area (Å²) in [6, 6.07) is 13.2. The molecule has 0 fully saturated rings. The molecule has 0 saturated heterocycles. The summed E-state index contributed by atoms with van der Waals surface area (Å²) in [6.45, 7) is 2.47. The number of carboxylic acid groups (broad SMARTS) is 1. The molecule has 0 aromatic heterocycles. The van der Waals surface area contributed by atoms with Gasteiger partial charge in [-0.05, 0) is 41.8 Å². The molecule has 0 heterocycles. The van der Waals surface area contributed by atoms with Crippen LogP contribution in [0.5, 0.6) is 11.5 Å². The Bertz CT molecular complexity index is 695. The Balaban J connectivity index is 0.00000264. The maximum Gasteiger partial charge on any atom is 1.00 e. The largest absolute Gasteiger partial charge is 1.00 e. The van der Waals surface area contributed by atoms with E-state index in [0.29, 0.717) is 23.7 Å². The van der Waals surface area contributed by atoms with Crippen molar-refractivity contribution in [1.82, 2.24) is 0 Å². The normalized spacial score (nSPS) is 10.2. The predicted molar refractivity (Wildman–Crippen MR) is 82.5 cm³/mol. The molecule has 0 aliphatic heterocycles. The van der Waals surface area contributed by atoms with Crippen molar-refractivity contribution < 1.29 is 70.8 Å². The molecule has 4 nitrogen and oxygen atoms in total. The van der Waals surface area contributed by atoms with Crippen LogP contribution in [-0.4, -0.2) is 13.1 Å². The van der Waals surface area contributed by atoms with Crippen molar-refractivity contribution in [3.63, 3.8) is 0 Å². The average molecular weight is 336 g/mol. The molecule has 0 aliphatic rings. The third-order valence-corrected chi connectivity index (χ3v) is 3.24. The Morgan fingerprint density at radius 3 is 2.57 bits per heavy atom. The van der Waals surface area contributed by atoms with Gasteiger partial charge in [0.1, 0.15) is 6.61 Å². The van der Waals surface area contributed by atoms with Gasteiger partial charge in [-0.1, -0.05) is 36.4 Å². The second-order valence-corrected chi connectivity index (χ2v) is 4.78. The first-order valence-corrected chi connectivity index (χ1v) is 6.84. The Morgan fingerprint density at radius 1 is 1.17 bits per heavy atom. The van der Waals surface area contributed by atoms with Crippen LogP contribution in [0.1, 0.15) is 16.7 Å². The molecule has 0 saturated carbocycles. The van der Waals surface area contributed by atoms with Gasteiger partial charge >= 0.3 is 51.4 Å². The van der Waals surface area contributed by atoms with Gasteiger partial charge in [-0.3, -0.25) is 0 Å². The SMILES string of the molecule is COc1cc(/C=C/C(=O)[O-])ccc1OCc1ccccc1C.[K+]. The van der Waals surface area contributed by atoms with E-state index in [1.807, 2.05) is 31.2 Å². The molecule has 0 N–H and O–H groups in total. The molecular weight excluding hydrogens is 319 g/mol. The second kappa shape index (κ2) is 9.90. The van der Waals surface area contributed by atoms with E-state index in [-0.39, 0.29) is 51.4 Å². The summed E-state index contributed by atoms with van der Waals surface area (Å²) < 4.78 is 11.1. The first kappa shape index (κ1) is 19.9. The molecule has 2 rings (SSSR count). The summed E-state index contributed by atoms with van der Waals surface area (Å²) in [6.07, 6.45) is 2.42. The average Bonchev–Trinajstić information content (AvgIpc) is 2.52. The Labute approximate surface area is 178 Å². The van der Waals surface area contributed by atoms with E-state index in [4.69, 9.17) is 9.47 Å². The van der Waals surface area contributed by atoms with Gasteiger partial charge in [0.05, 0.1) is 13.1 Å². The Hall–Kier alpha value is -1.11. The molecule has 0 bridgehead atoms. The van der Waals surface area contributed by atoms with Crippen molar-refractivity contribution >= 4 is 12.0 Å². The fourth-order valence-corrected chi connectivity index (χ4v) is 2.00. The van der Waals surface area contributed by atoms with Crippen molar-refractivity contribution in [1.29, 1.82) is 0 Å². The maximum absolute atomic E-state index is 10.4. The third kappa shape index (κ3) is 6.12. The number of carboxylic acids is 1. The predicted octanol–water partition coefficient (Wildman–Crippen LogP) is -0.650. The molecule has 0 aliphatic carbocycles. The summed E-state index contributed by atoms with van der Waals surface area (Å²) in [7, 11) is 1.54. The van der Waals surface area contributed by atoms with Crippen LogP contribution < -0.4 is 66.0 Å². The number of aliphatic carboxylic acids is 1. The summed E-state index contributed by atoms with van der Waals surface area (Å²) in [5, 5.41) is 10.4. The minimum atomic E-state index is -1.24. The Morgan fingerprint density at radius 2 is 1.91 bits per heavy atom. The van der Waals surface area contributed by atoms with Gasteiger partial charge in [0, 0.05) is 0 Å². The number of aryl methyl sites for hydroxylation is 1. The van der Waals surface area contributed by atoms with Crippen molar-refractivity contribution in [2.45, 2.75) is 13.5 Å². The van der Waals surface area contributed by atoms with Crippen molar-refractivity contribution in [2.75, 3.05) is 7.11 Å². The summed E-state index contributed by atoms with van der Waals surface area (Å²) >= 11 is 0. The quantitative estimate of drug-likeness (QED) is 0.520. The first-order valence-electron chi connectivity index (χ1n) is 6.84. The number of hydrogen-bond acceptors (Lipinski definition) is 4. The van der Waals surface area contributed by atoms with E-state index in [9.17, 15) is 9.90 Å². The fourth-order valence-electron chi connectivity index (χ4n) is 2.00. The molecule has 0 unspecified atom stereocenters. The number of methoxy groups -OCH3 is 1. The van der Waals surface area contributed by atoms with E-state index >= 15 is 0 Å². The number of rotatable bonds is 6. The molecule has 2 aromatic carbocycles. The zero-order valence-electron chi connectivity index (χ0n) is 13.5. The van der Waals surface area contributed by atoms with E-state index in [1.54, 1.807) is 25.3 Å². The van der Waals surface area contributed by atoms with Crippen LogP contribution in [0, 0.1) is 6.92 Å². The smallest absolute Gasteiger partial charge is 0.545 e. The molecule has 0 radical (unpaired) electrons. The van der Waals surface area contributed by atoms with Gasteiger partial charge in [-0.2, -0.15) is 0 Å². The molecule has 114 valence electrons. The van der Waals surface area contributed by atoms with Gasteiger partial charge in [0.2, 0.25) is 0 Å². The molecule has 5 heteroatoms. The molecule has 23 heavy (non-hydrogen) atoms. The molecule has 0 amide bonds. The monoisotopic (exact) mass is 336 g/mol. The van der Waals surface area contributed by atoms with Crippen LogP contribution in [0.2, 0.25) is 0 Å². The number of benzene rings is 2. The van der Waals surface area contributed by atoms with E-state index < -0.39 is 5.97 Å². The van der Waals surface area contributed by atoms with Crippen LogP contribution >= 0.6 is 0 Å². The molecule has 0 spiro atoms. The number of carbonyl (C=O) groups excluding carboxylic acids is 1. The molecular formula is C18H17KO4. The first-order chi connectivity index (χ1) is 10.6. The van der Waals surface area contributed by atoms with Crippen molar-refractivity contribution in [3.8, 4) is 11.5 Å². The summed E-state index contributed by atoms with van der Waals surface area (Å²) in [5.74, 6) is -0.0794. The van der Waals surface area contributed by atoms with Crippen molar-refractivity contribution in [2.24, 2.45) is 0 Å². The van der Waals surface area contributed by atoms with E-state index in [0.717, 1.165) is 17.2 Å². The minimum Gasteiger partial charge on any atom is -0.545 e. The van der Waals surface area contributed by atoms with Crippen LogP contribution in [0.25, 0.3) is 6.08 Å². The van der Waals surface area contributed by atoms with Gasteiger partial charge in [0.15, 0.2) is 11.5 Å². The summed E-state index contributed by atoms with van der Waals surface area (Å²) in [4.78, 5) is 10.4. The van der Waals surface area contributed by atoms with E-state index in [1.165, 1.54) is 6.08 Å². The molecule has 2 aromatic rings. The third-order valence-electron chi connectivity index (χ3n) is 3.24. The van der Waals surface area contributed by atoms with Crippen molar-refractivity contribution in [3.05, 3.63) is 65.2 Å². The zero-order chi connectivity index (χ0) is 15.9. The minimum absolute atomic E-state index is 0. The standard InChI is InChI=1S/C18H18O4.K/c1-13-5-3-4-6-15(13)12-22-16-9-7-14(8-10-18(19)20)11-17(16)21-2;/h3-11H,12H2,1-2H3,(H,19,20);/q;+1/p-1/b10-8+;. The van der Waals surface area contributed by atoms with Gasteiger partial charge < -0.3 is 19.4 Å². The fraction of sp³-hybridized carbons (Fsp3) is 0.167. The zero-order valence-corrected chi connectivity index (χ0v) is 16.7. The number of ether oxygens (including phenoxy) is 2. The second-order valence-electron chi connectivity index (χ2n) is 4.78. The topological polar surface area (TPSA) is 58.6 Å². The Kier molecular flexibility index (Phi) is 8.58. The van der Waals surface area contributed by atoms with Gasteiger partial charge in [-0.25, -0.2) is 0 Å². The van der Waals surface area contributed by atoms with Crippen LogP contribution in [-0.2, 0) is 11.4 Å². The van der Waals surface area contributed by atoms with Gasteiger partial charge in [-0.15, -0.1) is 0 Å². The van der Waals surface area contributed by atoms with Crippen LogP contribution in [0.3, 0.4) is 0 Å². The van der Waals surface area contributed by atoms with Crippen LogP contribution in [0.4, 0.5) is 0 Å². The summed E-state index contributed by atoms with van der Waals surface area (Å²) in [5.41, 5.74) is 2.96. The van der Waals surface area contributed by atoms with Gasteiger partial charge in [0.25, 0.3) is 0 Å². The van der Waals surface area contributed by atoms with E-state index in [2.05, 4.69) is 0 Å². The number of hydrogen-bond donors (Lipinski definition) is 0.